The fraction of sp³-hybridized carbons (Fsp3) is 0. The van der Waals surface area contributed by atoms with Crippen LogP contribution >= 0.6 is 0 Å². The molecule has 184 valence electrons. The van der Waals surface area contributed by atoms with Crippen molar-refractivity contribution in [3.8, 4) is 0 Å². The molecule has 0 spiro atoms. The standard InChI is InChI=1S/C26H6F6N4O2/c27-11-5-13-21(19(31)17(11)29)35-23(33-13)7-1-2-8-16-10(4-3-9(15(7)16)25(35)37)26(38)36-22-14(34-24(8)36)6-12(28)18(30)20(22)32/h1-6H. The molecule has 6 nitrogen and oxygen atoms in total. The van der Waals surface area contributed by atoms with E-state index in [1.165, 1.54) is 24.3 Å². The number of hydrogen-bond acceptors (Lipinski definition) is 4. The third-order valence-electron chi connectivity index (χ3n) is 7.07. The molecule has 0 aliphatic carbocycles. The fourth-order valence-electron chi connectivity index (χ4n) is 5.50. The van der Waals surface area contributed by atoms with Crippen LogP contribution in [0.25, 0.3) is 65.7 Å². The van der Waals surface area contributed by atoms with Gasteiger partial charge in [0.1, 0.15) is 22.3 Å². The molecule has 4 heterocycles. The predicted molar refractivity (Wildman–Crippen MR) is 126 cm³/mol. The summed E-state index contributed by atoms with van der Waals surface area (Å²) in [6.07, 6.45) is 0. The van der Waals surface area contributed by atoms with Gasteiger partial charge in [0.2, 0.25) is 0 Å². The second-order valence-electron chi connectivity index (χ2n) is 8.93. The van der Waals surface area contributed by atoms with Gasteiger partial charge in [0.05, 0.1) is 11.0 Å². The molecule has 0 aliphatic heterocycles. The van der Waals surface area contributed by atoms with Crippen LogP contribution in [-0.2, 0) is 0 Å². The Balaban J connectivity index is 1.67. The molecule has 8 rings (SSSR count). The maximum atomic E-state index is 14.8. The lowest BCUT2D eigenvalue weighted by atomic mass is 9.96. The van der Waals surface area contributed by atoms with E-state index >= 15 is 0 Å². The van der Waals surface area contributed by atoms with Crippen molar-refractivity contribution in [2.75, 3.05) is 0 Å². The molecule has 4 aromatic heterocycles. The number of fused-ring (bicyclic) bond motifs is 8. The number of halogens is 6. The summed E-state index contributed by atoms with van der Waals surface area (Å²) in [6.45, 7) is 0. The van der Waals surface area contributed by atoms with Crippen molar-refractivity contribution in [1.29, 1.82) is 0 Å². The average molecular weight is 520 g/mol. The number of nitrogens with zero attached hydrogens (tertiary/aromatic N) is 4. The van der Waals surface area contributed by atoms with Gasteiger partial charge in [-0.1, -0.05) is 0 Å². The molecule has 12 heteroatoms. The molecule has 0 radical (unpaired) electrons. The Labute approximate surface area is 203 Å². The lowest BCUT2D eigenvalue weighted by Crippen LogP contribution is -2.17. The Morgan fingerprint density at radius 3 is 1.29 bits per heavy atom. The van der Waals surface area contributed by atoms with E-state index in [0.29, 0.717) is 12.1 Å². The first kappa shape index (κ1) is 21.1. The minimum absolute atomic E-state index is 0.0113. The maximum absolute atomic E-state index is 14.8. The maximum Gasteiger partial charge on any atom is 0.264 e. The molecule has 0 atom stereocenters. The predicted octanol–water partition coefficient (Wildman–Crippen LogP) is 5.18. The highest BCUT2D eigenvalue weighted by atomic mass is 19.2. The summed E-state index contributed by atoms with van der Waals surface area (Å²) in [6, 6.07) is 6.90. The van der Waals surface area contributed by atoms with Crippen LogP contribution in [0.15, 0.2) is 46.0 Å². The Hall–Kier alpha value is -5.00. The molecule has 0 saturated carbocycles. The van der Waals surface area contributed by atoms with Crippen LogP contribution in [-0.4, -0.2) is 18.8 Å². The summed E-state index contributed by atoms with van der Waals surface area (Å²) in [5.74, 6) is -9.62. The summed E-state index contributed by atoms with van der Waals surface area (Å²) in [5, 5.41) is 1.01. The van der Waals surface area contributed by atoms with E-state index in [1.807, 2.05) is 0 Å². The van der Waals surface area contributed by atoms with Crippen molar-refractivity contribution in [2.24, 2.45) is 0 Å². The first-order valence-electron chi connectivity index (χ1n) is 11.0. The van der Waals surface area contributed by atoms with Crippen molar-refractivity contribution in [2.45, 2.75) is 0 Å². The zero-order valence-corrected chi connectivity index (χ0v) is 18.3. The highest BCUT2D eigenvalue weighted by Gasteiger charge is 2.26. The van der Waals surface area contributed by atoms with Crippen LogP contribution < -0.4 is 11.1 Å². The number of pyridine rings is 2. The van der Waals surface area contributed by atoms with Crippen molar-refractivity contribution >= 4 is 65.7 Å². The molecule has 4 aromatic carbocycles. The first-order chi connectivity index (χ1) is 18.2. The van der Waals surface area contributed by atoms with Crippen molar-refractivity contribution in [1.82, 2.24) is 18.8 Å². The van der Waals surface area contributed by atoms with Crippen LogP contribution in [0, 0.1) is 34.9 Å². The monoisotopic (exact) mass is 520 g/mol. The summed E-state index contributed by atoms with van der Waals surface area (Å²) in [7, 11) is 0. The minimum atomic E-state index is -1.76. The van der Waals surface area contributed by atoms with Crippen molar-refractivity contribution in [3.05, 3.63) is 92.0 Å². The minimum Gasteiger partial charge on any atom is -0.268 e. The van der Waals surface area contributed by atoms with Crippen LogP contribution in [0.5, 0.6) is 0 Å². The molecule has 0 fully saturated rings. The number of imidazole rings is 2. The van der Waals surface area contributed by atoms with Gasteiger partial charge in [0, 0.05) is 44.5 Å². The smallest absolute Gasteiger partial charge is 0.264 e. The van der Waals surface area contributed by atoms with Crippen LogP contribution in [0.4, 0.5) is 26.3 Å². The third kappa shape index (κ3) is 2.18. The quantitative estimate of drug-likeness (QED) is 0.157. The van der Waals surface area contributed by atoms with Gasteiger partial charge in [-0.2, -0.15) is 0 Å². The molecule has 0 N–H and O–H groups in total. The topological polar surface area (TPSA) is 68.7 Å². The molecular weight excluding hydrogens is 514 g/mol. The molecule has 0 aliphatic rings. The summed E-state index contributed by atoms with van der Waals surface area (Å²) >= 11 is 0. The fourth-order valence-corrected chi connectivity index (χ4v) is 5.50. The average Bonchev–Trinajstić information content (AvgIpc) is 3.47. The van der Waals surface area contributed by atoms with Gasteiger partial charge in [-0.05, 0) is 24.3 Å². The van der Waals surface area contributed by atoms with Gasteiger partial charge < -0.3 is 0 Å². The van der Waals surface area contributed by atoms with Gasteiger partial charge >= 0.3 is 0 Å². The second kappa shape index (κ2) is 6.46. The van der Waals surface area contributed by atoms with Crippen molar-refractivity contribution in [3.63, 3.8) is 0 Å². The third-order valence-corrected chi connectivity index (χ3v) is 7.07. The normalized spacial score (nSPS) is 12.7. The van der Waals surface area contributed by atoms with Gasteiger partial charge in [-0.3, -0.25) is 18.4 Å². The van der Waals surface area contributed by atoms with E-state index in [-0.39, 0.29) is 54.6 Å². The number of rotatable bonds is 0. The highest BCUT2D eigenvalue weighted by molar-refractivity contribution is 6.27. The van der Waals surface area contributed by atoms with Gasteiger partial charge in [-0.15, -0.1) is 0 Å². The lowest BCUT2D eigenvalue weighted by molar-refractivity contribution is 0.452. The second-order valence-corrected chi connectivity index (χ2v) is 8.93. The largest absolute Gasteiger partial charge is 0.268 e. The van der Waals surface area contributed by atoms with Crippen molar-refractivity contribution < 1.29 is 26.3 Å². The molecule has 0 amide bonds. The molecule has 0 unspecified atom stereocenters. The van der Waals surface area contributed by atoms with Crippen LogP contribution in [0.1, 0.15) is 0 Å². The summed E-state index contributed by atoms with van der Waals surface area (Å²) in [4.78, 5) is 35.4. The van der Waals surface area contributed by atoms with E-state index in [0.717, 1.165) is 8.80 Å². The number of hydrogen-bond donors (Lipinski definition) is 0. The van der Waals surface area contributed by atoms with E-state index in [9.17, 15) is 35.9 Å². The van der Waals surface area contributed by atoms with Gasteiger partial charge in [-0.25, -0.2) is 36.3 Å². The first-order valence-corrected chi connectivity index (χ1v) is 11.0. The lowest BCUT2D eigenvalue weighted by Gasteiger charge is -2.12. The van der Waals surface area contributed by atoms with E-state index in [1.54, 1.807) is 0 Å². The van der Waals surface area contributed by atoms with E-state index in [4.69, 9.17) is 0 Å². The molecule has 38 heavy (non-hydrogen) atoms. The van der Waals surface area contributed by atoms with Crippen LogP contribution in [0.3, 0.4) is 0 Å². The van der Waals surface area contributed by atoms with E-state index in [2.05, 4.69) is 9.97 Å². The van der Waals surface area contributed by atoms with E-state index < -0.39 is 57.1 Å². The van der Waals surface area contributed by atoms with Gasteiger partial charge in [0.15, 0.2) is 34.9 Å². The Kier molecular flexibility index (Phi) is 3.59. The highest BCUT2D eigenvalue weighted by Crippen LogP contribution is 2.37. The number of aromatic nitrogens is 4. The Morgan fingerprint density at radius 1 is 0.526 bits per heavy atom. The Bertz CT molecular complexity index is 2350. The molecule has 0 saturated heterocycles. The van der Waals surface area contributed by atoms with Crippen LogP contribution in [0.2, 0.25) is 0 Å². The Morgan fingerprint density at radius 2 is 0.895 bits per heavy atom. The SMILES string of the molecule is O=c1c2ccc3c(=O)n4c(nc5cc(F)c(F)c(F)c54)c4ccc(c2c34)c2nc3cc(F)c(F)c(F)c3n12. The molecule has 0 bridgehead atoms. The molecule has 8 aromatic rings. The number of benzene rings is 4. The zero-order chi connectivity index (χ0) is 26.4. The zero-order valence-electron chi connectivity index (χ0n) is 18.3. The summed E-state index contributed by atoms with van der Waals surface area (Å²) in [5.41, 5.74) is -3.48. The molecular formula is C26H6F6N4O2. The van der Waals surface area contributed by atoms with Gasteiger partial charge in [0.25, 0.3) is 11.1 Å². The summed E-state index contributed by atoms with van der Waals surface area (Å²) < 4.78 is 87.1.